The molecule has 1 heterocycles. The lowest BCUT2D eigenvalue weighted by molar-refractivity contribution is -0.137. The van der Waals surface area contributed by atoms with Gasteiger partial charge in [0.15, 0.2) is 0 Å². The van der Waals surface area contributed by atoms with E-state index in [0.29, 0.717) is 19.4 Å². The lowest BCUT2D eigenvalue weighted by Crippen LogP contribution is -2.28. The maximum atomic E-state index is 11.6. The van der Waals surface area contributed by atoms with Gasteiger partial charge in [0, 0.05) is 24.3 Å². The lowest BCUT2D eigenvalue weighted by Gasteiger charge is -2.11. The molecule has 0 spiro atoms. The number of carbonyl (C=O) groups is 2. The molecule has 0 fully saturated rings. The number of carboxylic acids is 1. The highest BCUT2D eigenvalue weighted by atomic mass is 32.1. The first-order valence-electron chi connectivity index (χ1n) is 6.59. The third kappa shape index (κ3) is 7.62. The highest BCUT2D eigenvalue weighted by molar-refractivity contribution is 7.09. The molecule has 0 aliphatic heterocycles. The number of aliphatic carboxylic acids is 1. The van der Waals surface area contributed by atoms with Crippen LogP contribution in [0.25, 0.3) is 0 Å². The predicted molar refractivity (Wildman–Crippen MR) is 76.3 cm³/mol. The Morgan fingerprint density at radius 1 is 1.42 bits per heavy atom. The largest absolute Gasteiger partial charge is 0.481 e. The first-order chi connectivity index (χ1) is 9.08. The van der Waals surface area contributed by atoms with E-state index in [1.807, 2.05) is 18.4 Å². The molecule has 1 unspecified atom stereocenters. The number of rotatable bonds is 9. The highest BCUT2D eigenvalue weighted by Crippen LogP contribution is 2.11. The Bertz CT molecular complexity index is 389. The summed E-state index contributed by atoms with van der Waals surface area (Å²) in [6.45, 7) is 2.51. The minimum Gasteiger partial charge on any atom is -0.481 e. The Labute approximate surface area is 117 Å². The summed E-state index contributed by atoms with van der Waals surface area (Å²) in [6, 6.07) is 4.10. The number of hydrogen-bond acceptors (Lipinski definition) is 3. The van der Waals surface area contributed by atoms with Gasteiger partial charge in [0.05, 0.1) is 0 Å². The van der Waals surface area contributed by atoms with Crippen molar-refractivity contribution in [1.82, 2.24) is 5.32 Å². The standard InChI is InChI=1S/C14H21NO3S/c1-11(7-8-14(17)18)10-15-13(16)6-2-4-12-5-3-9-19-12/h3,5,9,11H,2,4,6-8,10H2,1H3,(H,15,16)(H,17,18). The van der Waals surface area contributed by atoms with Crippen molar-refractivity contribution in [3.8, 4) is 0 Å². The fourth-order valence-corrected chi connectivity index (χ4v) is 2.48. The van der Waals surface area contributed by atoms with Crippen molar-refractivity contribution in [2.75, 3.05) is 6.54 Å². The number of amides is 1. The lowest BCUT2D eigenvalue weighted by atomic mass is 10.1. The summed E-state index contributed by atoms with van der Waals surface area (Å²) in [7, 11) is 0. The second-order valence-corrected chi connectivity index (χ2v) is 5.81. The summed E-state index contributed by atoms with van der Waals surface area (Å²) in [6.07, 6.45) is 3.10. The molecule has 0 aromatic carbocycles. The SMILES string of the molecule is CC(CCC(=O)O)CNC(=O)CCCc1cccs1. The van der Waals surface area contributed by atoms with E-state index in [0.717, 1.165) is 12.8 Å². The van der Waals surface area contributed by atoms with Gasteiger partial charge in [-0.05, 0) is 36.6 Å². The average molecular weight is 283 g/mol. The third-order valence-electron chi connectivity index (χ3n) is 2.91. The molecule has 1 atom stereocenters. The van der Waals surface area contributed by atoms with Crippen molar-refractivity contribution < 1.29 is 14.7 Å². The van der Waals surface area contributed by atoms with Crippen LogP contribution >= 0.6 is 11.3 Å². The Balaban J connectivity index is 2.05. The molecule has 0 aliphatic rings. The number of hydrogen-bond donors (Lipinski definition) is 2. The molecule has 0 saturated carbocycles. The summed E-state index contributed by atoms with van der Waals surface area (Å²) in [4.78, 5) is 23.3. The van der Waals surface area contributed by atoms with Gasteiger partial charge < -0.3 is 10.4 Å². The highest BCUT2D eigenvalue weighted by Gasteiger charge is 2.07. The van der Waals surface area contributed by atoms with E-state index in [9.17, 15) is 9.59 Å². The van der Waals surface area contributed by atoms with E-state index in [1.54, 1.807) is 11.3 Å². The topological polar surface area (TPSA) is 66.4 Å². The van der Waals surface area contributed by atoms with Gasteiger partial charge >= 0.3 is 5.97 Å². The molecule has 5 heteroatoms. The zero-order valence-electron chi connectivity index (χ0n) is 11.2. The van der Waals surface area contributed by atoms with E-state index >= 15 is 0 Å². The van der Waals surface area contributed by atoms with E-state index in [2.05, 4.69) is 11.4 Å². The van der Waals surface area contributed by atoms with Crippen LogP contribution in [0.5, 0.6) is 0 Å². The van der Waals surface area contributed by atoms with Gasteiger partial charge in [-0.2, -0.15) is 0 Å². The fourth-order valence-electron chi connectivity index (χ4n) is 1.73. The Kier molecular flexibility index (Phi) is 7.18. The molecule has 0 bridgehead atoms. The second kappa shape index (κ2) is 8.69. The number of thiophene rings is 1. The van der Waals surface area contributed by atoms with E-state index in [-0.39, 0.29) is 18.2 Å². The van der Waals surface area contributed by atoms with Crippen molar-refractivity contribution in [2.24, 2.45) is 5.92 Å². The quantitative estimate of drug-likeness (QED) is 0.732. The predicted octanol–water partition coefficient (Wildman–Crippen LogP) is 2.69. The minimum atomic E-state index is -0.783. The molecule has 0 aliphatic carbocycles. The molecular formula is C14H21NO3S. The number of aryl methyl sites for hydroxylation is 1. The molecule has 19 heavy (non-hydrogen) atoms. The zero-order chi connectivity index (χ0) is 14.1. The van der Waals surface area contributed by atoms with Crippen LogP contribution in [0.1, 0.15) is 37.5 Å². The summed E-state index contributed by atoms with van der Waals surface area (Å²) >= 11 is 1.71. The first kappa shape index (κ1) is 15.7. The summed E-state index contributed by atoms with van der Waals surface area (Å²) in [5.74, 6) is -0.523. The number of nitrogens with one attached hydrogen (secondary N) is 1. The van der Waals surface area contributed by atoms with Crippen molar-refractivity contribution in [1.29, 1.82) is 0 Å². The molecule has 4 nitrogen and oxygen atoms in total. The van der Waals surface area contributed by atoms with Crippen LogP contribution < -0.4 is 5.32 Å². The van der Waals surface area contributed by atoms with Gasteiger partial charge in [0.2, 0.25) is 5.91 Å². The molecule has 1 amide bonds. The van der Waals surface area contributed by atoms with Crippen molar-refractivity contribution in [2.45, 2.75) is 39.0 Å². The minimum absolute atomic E-state index is 0.0544. The molecule has 1 aromatic rings. The van der Waals surface area contributed by atoms with Gasteiger partial charge in [0.1, 0.15) is 0 Å². The molecular weight excluding hydrogens is 262 g/mol. The van der Waals surface area contributed by atoms with Gasteiger partial charge in [0.25, 0.3) is 0 Å². The Hall–Kier alpha value is -1.36. The Morgan fingerprint density at radius 2 is 2.21 bits per heavy atom. The van der Waals surface area contributed by atoms with Gasteiger partial charge in [-0.25, -0.2) is 0 Å². The maximum absolute atomic E-state index is 11.6. The van der Waals surface area contributed by atoms with Crippen LogP contribution in [0.15, 0.2) is 17.5 Å². The maximum Gasteiger partial charge on any atom is 0.303 e. The monoisotopic (exact) mass is 283 g/mol. The molecule has 1 aromatic heterocycles. The van der Waals surface area contributed by atoms with E-state index < -0.39 is 5.97 Å². The van der Waals surface area contributed by atoms with Crippen molar-refractivity contribution >= 4 is 23.2 Å². The normalized spacial score (nSPS) is 12.1. The molecule has 106 valence electrons. The first-order valence-corrected chi connectivity index (χ1v) is 7.46. The molecule has 0 radical (unpaired) electrons. The second-order valence-electron chi connectivity index (χ2n) is 4.77. The van der Waals surface area contributed by atoms with E-state index in [4.69, 9.17) is 5.11 Å². The van der Waals surface area contributed by atoms with Crippen LogP contribution in [0, 0.1) is 5.92 Å². The van der Waals surface area contributed by atoms with Crippen molar-refractivity contribution in [3.63, 3.8) is 0 Å². The van der Waals surface area contributed by atoms with Crippen molar-refractivity contribution in [3.05, 3.63) is 22.4 Å². The van der Waals surface area contributed by atoms with Crippen LogP contribution in [0.4, 0.5) is 0 Å². The van der Waals surface area contributed by atoms with Crippen LogP contribution in [0.2, 0.25) is 0 Å². The van der Waals surface area contributed by atoms with Crippen LogP contribution in [-0.4, -0.2) is 23.5 Å². The van der Waals surface area contributed by atoms with Gasteiger partial charge in [-0.15, -0.1) is 11.3 Å². The van der Waals surface area contributed by atoms with Crippen LogP contribution in [-0.2, 0) is 16.0 Å². The molecule has 2 N–H and O–H groups in total. The zero-order valence-corrected chi connectivity index (χ0v) is 12.0. The average Bonchev–Trinajstić information content (AvgIpc) is 2.87. The van der Waals surface area contributed by atoms with Gasteiger partial charge in [-0.3, -0.25) is 9.59 Å². The summed E-state index contributed by atoms with van der Waals surface area (Å²) < 4.78 is 0. The summed E-state index contributed by atoms with van der Waals surface area (Å²) in [5, 5.41) is 13.5. The number of carboxylic acid groups (broad SMARTS) is 1. The third-order valence-corrected chi connectivity index (χ3v) is 3.84. The fraction of sp³-hybridized carbons (Fsp3) is 0.571. The van der Waals surface area contributed by atoms with Gasteiger partial charge in [-0.1, -0.05) is 13.0 Å². The smallest absolute Gasteiger partial charge is 0.303 e. The summed E-state index contributed by atoms with van der Waals surface area (Å²) in [5.41, 5.74) is 0. The van der Waals surface area contributed by atoms with Crippen LogP contribution in [0.3, 0.4) is 0 Å². The Morgan fingerprint density at radius 3 is 2.84 bits per heavy atom. The number of carbonyl (C=O) groups excluding carboxylic acids is 1. The molecule has 0 saturated heterocycles. The van der Waals surface area contributed by atoms with E-state index in [1.165, 1.54) is 4.88 Å². The molecule has 1 rings (SSSR count).